The first kappa shape index (κ1) is 22.6. The monoisotopic (exact) mass is 420 g/mol. The Labute approximate surface area is 183 Å². The zero-order chi connectivity index (χ0) is 22.4. The summed E-state index contributed by atoms with van der Waals surface area (Å²) in [6, 6.07) is 10.1. The van der Waals surface area contributed by atoms with Crippen LogP contribution in [0.25, 0.3) is 11.6 Å². The van der Waals surface area contributed by atoms with Crippen LogP contribution in [0.2, 0.25) is 0 Å². The molecule has 1 aliphatic rings. The Bertz CT molecular complexity index is 1130. The molecule has 0 saturated heterocycles. The van der Waals surface area contributed by atoms with E-state index in [1.165, 1.54) is 6.42 Å². The summed E-state index contributed by atoms with van der Waals surface area (Å²) in [7, 11) is 0. The second-order valence-corrected chi connectivity index (χ2v) is 8.45. The van der Waals surface area contributed by atoms with Crippen molar-refractivity contribution in [1.29, 1.82) is 0 Å². The van der Waals surface area contributed by atoms with Gasteiger partial charge in [0, 0.05) is 11.3 Å². The summed E-state index contributed by atoms with van der Waals surface area (Å²) < 4.78 is 0. The molecule has 0 bridgehead atoms. The lowest BCUT2D eigenvalue weighted by molar-refractivity contribution is 0.0923. The minimum Gasteiger partial charge on any atom is -0.506 e. The fraction of sp³-hybridized carbons (Fsp3) is 0.385. The normalized spacial score (nSPS) is 15.7. The van der Waals surface area contributed by atoms with Gasteiger partial charge in [-0.3, -0.25) is 9.59 Å². The number of aromatic hydroxyl groups is 1. The number of hydrogen-bond acceptors (Lipinski definition) is 3. The molecule has 0 unspecified atom stereocenters. The number of H-pyrrole nitrogens is 1. The number of benzene rings is 1. The van der Waals surface area contributed by atoms with Crippen LogP contribution in [0.3, 0.4) is 0 Å². The number of amides is 1. The topological polar surface area (TPSA) is 82.2 Å². The predicted molar refractivity (Wildman–Crippen MR) is 125 cm³/mol. The Morgan fingerprint density at radius 3 is 2.45 bits per heavy atom. The Morgan fingerprint density at radius 2 is 1.84 bits per heavy atom. The molecule has 1 aliphatic carbocycles. The molecule has 31 heavy (non-hydrogen) atoms. The fourth-order valence-corrected chi connectivity index (χ4v) is 4.19. The molecule has 5 heteroatoms. The van der Waals surface area contributed by atoms with Gasteiger partial charge in [-0.25, -0.2) is 0 Å². The van der Waals surface area contributed by atoms with Gasteiger partial charge in [0.25, 0.3) is 11.5 Å². The molecular formula is C26H32N2O3. The lowest BCUT2D eigenvalue weighted by Crippen LogP contribution is -2.43. The number of aromatic amines is 1. The highest BCUT2D eigenvalue weighted by Crippen LogP contribution is 2.18. The molecular weight excluding hydrogens is 388 g/mol. The Hall–Kier alpha value is -3.08. The number of rotatable bonds is 5. The average Bonchev–Trinajstić information content (AvgIpc) is 2.74. The Morgan fingerprint density at radius 1 is 1.16 bits per heavy atom. The molecule has 1 aromatic heterocycles. The number of aromatic nitrogens is 1. The summed E-state index contributed by atoms with van der Waals surface area (Å²) in [6.07, 6.45) is 9.70. The van der Waals surface area contributed by atoms with Crippen molar-refractivity contribution in [3.05, 3.63) is 74.0 Å². The molecule has 1 heterocycles. The van der Waals surface area contributed by atoms with E-state index in [0.29, 0.717) is 17.0 Å². The molecule has 3 N–H and O–H groups in total. The molecule has 1 fully saturated rings. The van der Waals surface area contributed by atoms with Crippen LogP contribution in [0, 0.1) is 0 Å². The fourth-order valence-electron chi connectivity index (χ4n) is 4.19. The number of nitrogens with one attached hydrogen (secondary N) is 2. The summed E-state index contributed by atoms with van der Waals surface area (Å²) in [6.45, 7) is 5.67. The van der Waals surface area contributed by atoms with Crippen LogP contribution in [-0.2, 0) is 6.42 Å². The van der Waals surface area contributed by atoms with Crippen LogP contribution in [0.15, 0.2) is 46.8 Å². The van der Waals surface area contributed by atoms with E-state index in [1.54, 1.807) is 0 Å². The summed E-state index contributed by atoms with van der Waals surface area (Å²) in [5.74, 6) is -0.756. The minimum absolute atomic E-state index is 0.0574. The third-order valence-electron chi connectivity index (χ3n) is 5.84. The average molecular weight is 421 g/mol. The van der Waals surface area contributed by atoms with Gasteiger partial charge < -0.3 is 15.4 Å². The Balaban J connectivity index is 2.03. The second-order valence-electron chi connectivity index (χ2n) is 8.45. The number of pyridine rings is 1. The first-order valence-corrected chi connectivity index (χ1v) is 11.0. The second kappa shape index (κ2) is 10.3. The van der Waals surface area contributed by atoms with Gasteiger partial charge in [-0.15, -0.1) is 0 Å². The van der Waals surface area contributed by atoms with E-state index in [-0.39, 0.29) is 17.4 Å². The van der Waals surface area contributed by atoms with Crippen molar-refractivity contribution in [2.75, 3.05) is 0 Å². The van der Waals surface area contributed by atoms with E-state index >= 15 is 0 Å². The highest BCUT2D eigenvalue weighted by atomic mass is 16.3. The van der Waals surface area contributed by atoms with Crippen molar-refractivity contribution in [1.82, 2.24) is 10.3 Å². The van der Waals surface area contributed by atoms with Gasteiger partial charge in [-0.05, 0) is 57.2 Å². The van der Waals surface area contributed by atoms with Crippen LogP contribution in [0.4, 0.5) is 0 Å². The first-order chi connectivity index (χ1) is 14.9. The van der Waals surface area contributed by atoms with E-state index in [1.807, 2.05) is 63.3 Å². The number of carbonyl (C=O) groups excluding carboxylic acids is 1. The van der Waals surface area contributed by atoms with Gasteiger partial charge in [0.15, 0.2) is 0 Å². The molecule has 3 rings (SSSR count). The van der Waals surface area contributed by atoms with Crippen molar-refractivity contribution in [3.63, 3.8) is 0 Å². The lowest BCUT2D eigenvalue weighted by atomic mass is 9.95. The molecule has 1 aromatic carbocycles. The van der Waals surface area contributed by atoms with Crippen molar-refractivity contribution in [2.45, 2.75) is 65.3 Å². The van der Waals surface area contributed by atoms with E-state index in [9.17, 15) is 14.7 Å². The quantitative estimate of drug-likeness (QED) is 0.694. The maximum atomic E-state index is 12.8. The maximum Gasteiger partial charge on any atom is 0.265 e. The summed E-state index contributed by atoms with van der Waals surface area (Å²) in [5.41, 5.74) is 2.20. The number of allylic oxidation sites excluding steroid dienone is 2. The van der Waals surface area contributed by atoms with Crippen LogP contribution in [0.5, 0.6) is 5.75 Å². The van der Waals surface area contributed by atoms with Gasteiger partial charge >= 0.3 is 0 Å². The molecule has 5 nitrogen and oxygen atoms in total. The van der Waals surface area contributed by atoms with Gasteiger partial charge in [0.05, 0.1) is 5.35 Å². The largest absolute Gasteiger partial charge is 0.506 e. The van der Waals surface area contributed by atoms with Gasteiger partial charge in [0.1, 0.15) is 11.3 Å². The molecule has 1 amide bonds. The molecule has 2 aromatic rings. The van der Waals surface area contributed by atoms with Crippen LogP contribution >= 0.6 is 0 Å². The van der Waals surface area contributed by atoms with Crippen molar-refractivity contribution in [2.24, 2.45) is 0 Å². The lowest BCUT2D eigenvalue weighted by Gasteiger charge is -2.22. The molecule has 164 valence electrons. The van der Waals surface area contributed by atoms with E-state index in [4.69, 9.17) is 0 Å². The SMILES string of the molecule is C/C=C(\C=c1\[nH]c(=O)c(C(=O)NC2CCCCC2)c(O)c1=C(C)C)Cc1ccccc1. The first-order valence-electron chi connectivity index (χ1n) is 11.0. The van der Waals surface area contributed by atoms with Crippen molar-refractivity contribution >= 4 is 17.6 Å². The van der Waals surface area contributed by atoms with Gasteiger partial charge in [0.2, 0.25) is 0 Å². The summed E-state index contributed by atoms with van der Waals surface area (Å²) >= 11 is 0. The van der Waals surface area contributed by atoms with E-state index < -0.39 is 11.5 Å². The molecule has 0 aliphatic heterocycles. The van der Waals surface area contributed by atoms with Gasteiger partial charge in [-0.2, -0.15) is 0 Å². The van der Waals surface area contributed by atoms with Crippen molar-refractivity contribution in [3.8, 4) is 5.75 Å². The third-order valence-corrected chi connectivity index (χ3v) is 5.84. The maximum absolute atomic E-state index is 12.8. The zero-order valence-corrected chi connectivity index (χ0v) is 18.6. The number of hydrogen-bond donors (Lipinski definition) is 3. The Kier molecular flexibility index (Phi) is 7.50. The predicted octanol–water partition coefficient (Wildman–Crippen LogP) is 3.30. The summed E-state index contributed by atoms with van der Waals surface area (Å²) in [4.78, 5) is 28.5. The minimum atomic E-state index is -0.572. The summed E-state index contributed by atoms with van der Waals surface area (Å²) in [5, 5.41) is 14.9. The zero-order valence-electron chi connectivity index (χ0n) is 18.6. The van der Waals surface area contributed by atoms with Crippen LogP contribution in [0.1, 0.15) is 68.8 Å². The van der Waals surface area contributed by atoms with Crippen LogP contribution < -0.4 is 21.4 Å². The van der Waals surface area contributed by atoms with E-state index in [2.05, 4.69) is 10.3 Å². The standard InChI is InChI=1S/C26H32N2O3/c1-4-18(15-19-11-7-5-8-12-19)16-21-22(17(2)3)24(29)23(26(31)28-21)25(30)27-20-13-9-6-10-14-20/h4-5,7-8,11-12,16,20,29H,6,9-10,13-15H2,1-3H3,(H,27,30)(H,28,31)/b18-4-,21-16+. The molecule has 0 radical (unpaired) electrons. The highest BCUT2D eigenvalue weighted by molar-refractivity contribution is 5.96. The third kappa shape index (κ3) is 5.54. The van der Waals surface area contributed by atoms with Crippen LogP contribution in [-0.4, -0.2) is 22.0 Å². The highest BCUT2D eigenvalue weighted by Gasteiger charge is 2.22. The van der Waals surface area contributed by atoms with E-state index in [0.717, 1.165) is 42.4 Å². The molecule has 0 atom stereocenters. The number of carbonyl (C=O) groups is 1. The molecule has 1 saturated carbocycles. The smallest absolute Gasteiger partial charge is 0.265 e. The molecule has 0 spiro atoms. The van der Waals surface area contributed by atoms with Gasteiger partial charge in [-0.1, -0.05) is 61.2 Å². The van der Waals surface area contributed by atoms with Crippen molar-refractivity contribution < 1.29 is 9.90 Å².